The van der Waals surface area contributed by atoms with Crippen molar-refractivity contribution >= 4 is 38.8 Å². The highest BCUT2D eigenvalue weighted by atomic mass is 35.5. The number of rotatable bonds is 3. The van der Waals surface area contributed by atoms with Crippen LogP contribution in [0.2, 0.25) is 5.02 Å². The Labute approximate surface area is 125 Å². The smallest absolute Gasteiger partial charge is 0.203 e. The molecule has 0 unspecified atom stereocenters. The van der Waals surface area contributed by atoms with Gasteiger partial charge in [0.05, 0.1) is 17.0 Å². The molecule has 0 fully saturated rings. The molecule has 0 amide bonds. The van der Waals surface area contributed by atoms with Crippen molar-refractivity contribution in [1.29, 1.82) is 0 Å². The summed E-state index contributed by atoms with van der Waals surface area (Å²) in [6.45, 7) is 0. The fourth-order valence-electron chi connectivity index (χ4n) is 2.04. The van der Waals surface area contributed by atoms with E-state index in [2.05, 4.69) is 0 Å². The molecule has 0 saturated carbocycles. The molecule has 0 radical (unpaired) electrons. The van der Waals surface area contributed by atoms with Crippen LogP contribution in [0, 0.1) is 0 Å². The maximum Gasteiger partial charge on any atom is 0.203 e. The van der Waals surface area contributed by atoms with Crippen LogP contribution in [0.25, 0.3) is 10.1 Å². The third kappa shape index (κ3) is 2.30. The van der Waals surface area contributed by atoms with Gasteiger partial charge >= 0.3 is 0 Å². The van der Waals surface area contributed by atoms with Gasteiger partial charge in [-0.25, -0.2) is 0 Å². The Morgan fingerprint density at radius 3 is 2.70 bits per heavy atom. The Hall–Kier alpha value is -1.84. The first-order valence-corrected chi connectivity index (χ1v) is 7.25. The fraction of sp³-hybridized carbons (Fsp3) is 0.0625. The average molecular weight is 303 g/mol. The SMILES string of the molecule is COc1cc(C(=O)c2cc3ccccc3s2)ccc1Cl. The minimum Gasteiger partial charge on any atom is -0.495 e. The van der Waals surface area contributed by atoms with Crippen molar-refractivity contribution in [1.82, 2.24) is 0 Å². The Balaban J connectivity index is 2.03. The first-order valence-electron chi connectivity index (χ1n) is 6.06. The molecule has 0 saturated heterocycles. The van der Waals surface area contributed by atoms with Gasteiger partial charge < -0.3 is 4.74 Å². The zero-order chi connectivity index (χ0) is 14.1. The summed E-state index contributed by atoms with van der Waals surface area (Å²) in [6.07, 6.45) is 0. The number of methoxy groups -OCH3 is 1. The van der Waals surface area contributed by atoms with Crippen molar-refractivity contribution in [2.24, 2.45) is 0 Å². The van der Waals surface area contributed by atoms with Crippen molar-refractivity contribution in [2.75, 3.05) is 7.11 Å². The fourth-order valence-corrected chi connectivity index (χ4v) is 3.26. The van der Waals surface area contributed by atoms with Gasteiger partial charge in [-0.1, -0.05) is 29.8 Å². The van der Waals surface area contributed by atoms with Gasteiger partial charge in [0.2, 0.25) is 5.78 Å². The number of fused-ring (bicyclic) bond motifs is 1. The number of ether oxygens (including phenoxy) is 1. The molecule has 1 aromatic heterocycles. The largest absolute Gasteiger partial charge is 0.495 e. The van der Waals surface area contributed by atoms with Crippen LogP contribution >= 0.6 is 22.9 Å². The maximum absolute atomic E-state index is 12.5. The Kier molecular flexibility index (Phi) is 3.47. The van der Waals surface area contributed by atoms with Crippen LogP contribution in [0.4, 0.5) is 0 Å². The van der Waals surface area contributed by atoms with Crippen LogP contribution in [0.3, 0.4) is 0 Å². The summed E-state index contributed by atoms with van der Waals surface area (Å²) in [4.78, 5) is 13.2. The molecular weight excluding hydrogens is 292 g/mol. The maximum atomic E-state index is 12.5. The summed E-state index contributed by atoms with van der Waals surface area (Å²) in [7, 11) is 1.54. The minimum absolute atomic E-state index is 0.0128. The van der Waals surface area contributed by atoms with Gasteiger partial charge in [0.1, 0.15) is 5.75 Å². The molecule has 0 N–H and O–H groups in total. The van der Waals surface area contributed by atoms with E-state index in [1.165, 1.54) is 18.4 Å². The molecule has 20 heavy (non-hydrogen) atoms. The van der Waals surface area contributed by atoms with Crippen molar-refractivity contribution in [3.8, 4) is 5.75 Å². The van der Waals surface area contributed by atoms with E-state index in [1.807, 2.05) is 30.3 Å². The Morgan fingerprint density at radius 2 is 1.95 bits per heavy atom. The number of hydrogen-bond acceptors (Lipinski definition) is 3. The first-order chi connectivity index (χ1) is 9.69. The molecule has 4 heteroatoms. The molecule has 1 heterocycles. The summed E-state index contributed by atoms with van der Waals surface area (Å²) in [5.74, 6) is 0.500. The monoisotopic (exact) mass is 302 g/mol. The zero-order valence-corrected chi connectivity index (χ0v) is 12.3. The quantitative estimate of drug-likeness (QED) is 0.650. The number of thiophene rings is 1. The van der Waals surface area contributed by atoms with E-state index in [0.29, 0.717) is 16.3 Å². The zero-order valence-electron chi connectivity index (χ0n) is 10.7. The van der Waals surface area contributed by atoms with Crippen molar-refractivity contribution in [3.05, 3.63) is 64.0 Å². The van der Waals surface area contributed by atoms with Crippen LogP contribution in [0.5, 0.6) is 5.75 Å². The third-order valence-corrected chi connectivity index (χ3v) is 4.49. The van der Waals surface area contributed by atoms with Crippen LogP contribution < -0.4 is 4.74 Å². The van der Waals surface area contributed by atoms with Gasteiger partial charge in [-0.05, 0) is 35.7 Å². The molecule has 2 aromatic carbocycles. The van der Waals surface area contributed by atoms with E-state index in [4.69, 9.17) is 16.3 Å². The molecule has 0 spiro atoms. The molecule has 2 nitrogen and oxygen atoms in total. The topological polar surface area (TPSA) is 26.3 Å². The van der Waals surface area contributed by atoms with Gasteiger partial charge in [0.15, 0.2) is 0 Å². The average Bonchev–Trinajstić information content (AvgIpc) is 2.91. The molecule has 0 aliphatic carbocycles. The first kappa shape index (κ1) is 13.2. The lowest BCUT2D eigenvalue weighted by Gasteiger charge is -2.04. The van der Waals surface area contributed by atoms with Gasteiger partial charge in [-0.3, -0.25) is 4.79 Å². The Morgan fingerprint density at radius 1 is 1.15 bits per heavy atom. The molecule has 100 valence electrons. The van der Waals surface area contributed by atoms with E-state index >= 15 is 0 Å². The molecule has 0 bridgehead atoms. The van der Waals surface area contributed by atoms with E-state index in [-0.39, 0.29) is 5.78 Å². The number of carbonyl (C=O) groups is 1. The Bertz CT molecular complexity index is 759. The normalized spacial score (nSPS) is 10.7. The van der Waals surface area contributed by atoms with Gasteiger partial charge in [-0.15, -0.1) is 11.3 Å². The highest BCUT2D eigenvalue weighted by Crippen LogP contribution is 2.30. The predicted molar refractivity (Wildman–Crippen MR) is 83.3 cm³/mol. The van der Waals surface area contributed by atoms with Gasteiger partial charge in [0, 0.05) is 10.3 Å². The van der Waals surface area contributed by atoms with Crippen LogP contribution in [-0.2, 0) is 0 Å². The number of ketones is 1. The van der Waals surface area contributed by atoms with E-state index in [9.17, 15) is 4.79 Å². The minimum atomic E-state index is -0.0128. The lowest BCUT2D eigenvalue weighted by Crippen LogP contribution is -1.99. The second-order valence-corrected chi connectivity index (χ2v) is 5.82. The summed E-state index contributed by atoms with van der Waals surface area (Å²) in [5, 5.41) is 1.59. The standard InChI is InChI=1S/C16H11ClO2S/c1-19-13-8-11(6-7-12(13)17)16(18)15-9-10-4-2-3-5-14(10)20-15/h2-9H,1H3. The lowest BCUT2D eigenvalue weighted by molar-refractivity contribution is 0.104. The highest BCUT2D eigenvalue weighted by Gasteiger charge is 2.14. The predicted octanol–water partition coefficient (Wildman–Crippen LogP) is 4.79. The molecule has 0 atom stereocenters. The number of benzene rings is 2. The van der Waals surface area contributed by atoms with E-state index < -0.39 is 0 Å². The molecular formula is C16H11ClO2S. The van der Waals surface area contributed by atoms with Gasteiger partial charge in [0.25, 0.3) is 0 Å². The molecule has 0 aliphatic rings. The number of halogens is 1. The van der Waals surface area contributed by atoms with Crippen LogP contribution in [-0.4, -0.2) is 12.9 Å². The summed E-state index contributed by atoms with van der Waals surface area (Å²) >= 11 is 7.47. The second-order valence-electron chi connectivity index (χ2n) is 4.33. The summed E-state index contributed by atoms with van der Waals surface area (Å²) in [6, 6.07) is 15.0. The number of hydrogen-bond donors (Lipinski definition) is 0. The van der Waals surface area contributed by atoms with Gasteiger partial charge in [-0.2, -0.15) is 0 Å². The van der Waals surface area contributed by atoms with Crippen molar-refractivity contribution in [3.63, 3.8) is 0 Å². The lowest BCUT2D eigenvalue weighted by atomic mass is 10.1. The second kappa shape index (κ2) is 5.27. The summed E-state index contributed by atoms with van der Waals surface area (Å²) < 4.78 is 6.26. The van der Waals surface area contributed by atoms with Crippen molar-refractivity contribution in [2.45, 2.75) is 0 Å². The van der Waals surface area contributed by atoms with Crippen LogP contribution in [0.1, 0.15) is 15.2 Å². The van der Waals surface area contributed by atoms with E-state index in [0.717, 1.165) is 15.0 Å². The molecule has 3 rings (SSSR count). The summed E-state index contributed by atoms with van der Waals surface area (Å²) in [5.41, 5.74) is 0.581. The third-order valence-electron chi connectivity index (χ3n) is 3.06. The molecule has 0 aliphatic heterocycles. The molecule has 3 aromatic rings. The highest BCUT2D eigenvalue weighted by molar-refractivity contribution is 7.21. The number of carbonyl (C=O) groups excluding carboxylic acids is 1. The van der Waals surface area contributed by atoms with Crippen molar-refractivity contribution < 1.29 is 9.53 Å². The van der Waals surface area contributed by atoms with E-state index in [1.54, 1.807) is 18.2 Å². The van der Waals surface area contributed by atoms with Crippen LogP contribution in [0.15, 0.2) is 48.5 Å².